The van der Waals surface area contributed by atoms with E-state index in [-0.39, 0.29) is 5.91 Å². The Bertz CT molecular complexity index is 569. The van der Waals surface area contributed by atoms with E-state index >= 15 is 0 Å². The lowest BCUT2D eigenvalue weighted by Crippen LogP contribution is -2.28. The molecule has 0 saturated heterocycles. The van der Waals surface area contributed by atoms with Crippen LogP contribution in [-0.2, 0) is 0 Å². The van der Waals surface area contributed by atoms with Gasteiger partial charge in [0, 0.05) is 15.1 Å². The van der Waals surface area contributed by atoms with E-state index in [0.717, 1.165) is 10.2 Å². The molecule has 20 heavy (non-hydrogen) atoms. The van der Waals surface area contributed by atoms with E-state index in [1.165, 1.54) is 0 Å². The van der Waals surface area contributed by atoms with E-state index in [2.05, 4.69) is 21.2 Å². The number of benzene rings is 2. The van der Waals surface area contributed by atoms with Gasteiger partial charge in [-0.15, -0.1) is 0 Å². The molecule has 0 fully saturated rings. The van der Waals surface area contributed by atoms with Crippen molar-refractivity contribution < 1.29 is 9.53 Å². The zero-order valence-corrected chi connectivity index (χ0v) is 12.9. The van der Waals surface area contributed by atoms with Crippen LogP contribution < -0.4 is 10.1 Å². The molecule has 2 rings (SSSR count). The van der Waals surface area contributed by atoms with Gasteiger partial charge in [0.15, 0.2) is 0 Å². The van der Waals surface area contributed by atoms with Gasteiger partial charge in [-0.2, -0.15) is 0 Å². The molecule has 3 nitrogen and oxygen atoms in total. The first kappa shape index (κ1) is 14.9. The number of carbonyl (C=O) groups excluding carboxylic acids is 1. The number of carbonyl (C=O) groups is 1. The van der Waals surface area contributed by atoms with Gasteiger partial charge >= 0.3 is 0 Å². The summed E-state index contributed by atoms with van der Waals surface area (Å²) >= 11 is 9.21. The third-order valence-electron chi connectivity index (χ3n) is 2.52. The Kier molecular flexibility index (Phi) is 5.44. The second kappa shape index (κ2) is 7.31. The number of nitrogens with one attached hydrogen (secondary N) is 1. The van der Waals surface area contributed by atoms with E-state index in [1.54, 1.807) is 18.2 Å². The molecular formula is C15H13BrClNO2. The summed E-state index contributed by atoms with van der Waals surface area (Å²) in [6.07, 6.45) is 0. The van der Waals surface area contributed by atoms with E-state index < -0.39 is 0 Å². The fourth-order valence-electron chi connectivity index (χ4n) is 1.64. The Morgan fingerprint density at radius 3 is 2.65 bits per heavy atom. The molecule has 0 bridgehead atoms. The first-order chi connectivity index (χ1) is 9.65. The Morgan fingerprint density at radius 1 is 1.20 bits per heavy atom. The third kappa shape index (κ3) is 4.54. The minimum absolute atomic E-state index is 0.176. The van der Waals surface area contributed by atoms with Crippen LogP contribution in [0.3, 0.4) is 0 Å². The standard InChI is InChI=1S/C15H13BrClNO2/c16-12-8-11(9-13(17)10-12)15(19)18-6-7-20-14-4-2-1-3-5-14/h1-5,8-10H,6-7H2,(H,18,19). The van der Waals surface area contributed by atoms with Crippen LogP contribution in [0.4, 0.5) is 0 Å². The number of ether oxygens (including phenoxy) is 1. The number of halogens is 2. The molecule has 2 aromatic rings. The van der Waals surface area contributed by atoms with Crippen molar-refractivity contribution in [2.75, 3.05) is 13.2 Å². The van der Waals surface area contributed by atoms with Gasteiger partial charge in [0.2, 0.25) is 0 Å². The summed E-state index contributed by atoms with van der Waals surface area (Å²) in [5, 5.41) is 3.30. The largest absolute Gasteiger partial charge is 0.492 e. The van der Waals surface area contributed by atoms with E-state index in [1.807, 2.05) is 30.3 Å². The molecule has 0 aliphatic heterocycles. The SMILES string of the molecule is O=C(NCCOc1ccccc1)c1cc(Cl)cc(Br)c1. The minimum Gasteiger partial charge on any atom is -0.492 e. The highest BCUT2D eigenvalue weighted by Crippen LogP contribution is 2.19. The predicted molar refractivity (Wildman–Crippen MR) is 83.4 cm³/mol. The van der Waals surface area contributed by atoms with Gasteiger partial charge in [0.1, 0.15) is 12.4 Å². The molecule has 2 aromatic carbocycles. The molecule has 5 heteroatoms. The smallest absolute Gasteiger partial charge is 0.251 e. The van der Waals surface area contributed by atoms with Crippen molar-refractivity contribution in [3.8, 4) is 5.75 Å². The van der Waals surface area contributed by atoms with Crippen LogP contribution in [0.15, 0.2) is 53.0 Å². The summed E-state index contributed by atoms with van der Waals surface area (Å²) < 4.78 is 6.26. The lowest BCUT2D eigenvalue weighted by Gasteiger charge is -2.08. The van der Waals surface area contributed by atoms with Crippen LogP contribution in [-0.4, -0.2) is 19.1 Å². The first-order valence-electron chi connectivity index (χ1n) is 6.07. The van der Waals surface area contributed by atoms with E-state index in [4.69, 9.17) is 16.3 Å². The summed E-state index contributed by atoms with van der Waals surface area (Å²) in [4.78, 5) is 11.9. The molecule has 0 saturated carbocycles. The minimum atomic E-state index is -0.176. The Morgan fingerprint density at radius 2 is 1.95 bits per heavy atom. The van der Waals surface area contributed by atoms with Gasteiger partial charge in [-0.1, -0.05) is 45.7 Å². The monoisotopic (exact) mass is 353 g/mol. The van der Waals surface area contributed by atoms with Crippen LogP contribution >= 0.6 is 27.5 Å². The van der Waals surface area contributed by atoms with Crippen molar-refractivity contribution in [1.29, 1.82) is 0 Å². The lowest BCUT2D eigenvalue weighted by atomic mass is 10.2. The van der Waals surface area contributed by atoms with Gasteiger partial charge in [-0.25, -0.2) is 0 Å². The maximum atomic E-state index is 11.9. The summed E-state index contributed by atoms with van der Waals surface area (Å²) in [5.74, 6) is 0.608. The molecule has 0 radical (unpaired) electrons. The normalized spacial score (nSPS) is 10.1. The maximum Gasteiger partial charge on any atom is 0.251 e. The zero-order valence-electron chi connectivity index (χ0n) is 10.6. The first-order valence-corrected chi connectivity index (χ1v) is 7.24. The fraction of sp³-hybridized carbons (Fsp3) is 0.133. The van der Waals surface area contributed by atoms with Crippen LogP contribution in [0.1, 0.15) is 10.4 Å². The van der Waals surface area contributed by atoms with Gasteiger partial charge in [0.25, 0.3) is 5.91 Å². The number of para-hydroxylation sites is 1. The van der Waals surface area contributed by atoms with Gasteiger partial charge < -0.3 is 10.1 Å². The van der Waals surface area contributed by atoms with Crippen molar-refractivity contribution in [1.82, 2.24) is 5.32 Å². The van der Waals surface area contributed by atoms with Gasteiger partial charge in [-0.05, 0) is 30.3 Å². The molecule has 0 heterocycles. The second-order valence-electron chi connectivity index (χ2n) is 4.08. The second-order valence-corrected chi connectivity index (χ2v) is 5.43. The summed E-state index contributed by atoms with van der Waals surface area (Å²) in [5.41, 5.74) is 0.518. The summed E-state index contributed by atoms with van der Waals surface area (Å²) in [7, 11) is 0. The number of amides is 1. The predicted octanol–water partition coefficient (Wildman–Crippen LogP) is 3.91. The molecule has 0 spiro atoms. The third-order valence-corrected chi connectivity index (χ3v) is 3.20. The van der Waals surface area contributed by atoms with Crippen molar-refractivity contribution in [2.45, 2.75) is 0 Å². The molecule has 104 valence electrons. The van der Waals surface area contributed by atoms with Crippen LogP contribution in [0.25, 0.3) is 0 Å². The topological polar surface area (TPSA) is 38.3 Å². The quantitative estimate of drug-likeness (QED) is 0.827. The summed E-state index contributed by atoms with van der Waals surface area (Å²) in [6, 6.07) is 14.5. The average Bonchev–Trinajstić information content (AvgIpc) is 2.43. The van der Waals surface area contributed by atoms with Crippen LogP contribution in [0, 0.1) is 0 Å². The molecule has 0 aromatic heterocycles. The molecule has 0 unspecified atom stereocenters. The molecule has 1 N–H and O–H groups in total. The molecule has 0 aliphatic carbocycles. The van der Waals surface area contributed by atoms with Crippen molar-refractivity contribution in [2.24, 2.45) is 0 Å². The lowest BCUT2D eigenvalue weighted by molar-refractivity contribution is 0.0947. The fourth-order valence-corrected chi connectivity index (χ4v) is 2.50. The van der Waals surface area contributed by atoms with Crippen LogP contribution in [0.5, 0.6) is 5.75 Å². The van der Waals surface area contributed by atoms with Crippen molar-refractivity contribution in [3.63, 3.8) is 0 Å². The molecule has 0 aliphatic rings. The van der Waals surface area contributed by atoms with E-state index in [0.29, 0.717) is 23.7 Å². The van der Waals surface area contributed by atoms with Gasteiger partial charge in [-0.3, -0.25) is 4.79 Å². The number of rotatable bonds is 5. The Labute approximate surface area is 131 Å². The summed E-state index contributed by atoms with van der Waals surface area (Å²) in [6.45, 7) is 0.843. The molecule has 1 amide bonds. The Hall–Kier alpha value is -1.52. The number of hydrogen-bond donors (Lipinski definition) is 1. The van der Waals surface area contributed by atoms with Crippen molar-refractivity contribution >= 4 is 33.4 Å². The highest BCUT2D eigenvalue weighted by Gasteiger charge is 2.07. The Balaban J connectivity index is 1.80. The highest BCUT2D eigenvalue weighted by molar-refractivity contribution is 9.10. The van der Waals surface area contributed by atoms with Gasteiger partial charge in [0.05, 0.1) is 6.54 Å². The van der Waals surface area contributed by atoms with Crippen LogP contribution in [0.2, 0.25) is 5.02 Å². The van der Waals surface area contributed by atoms with Crippen molar-refractivity contribution in [3.05, 3.63) is 63.6 Å². The molecule has 0 atom stereocenters. The van der Waals surface area contributed by atoms with E-state index in [9.17, 15) is 4.79 Å². The maximum absolute atomic E-state index is 11.9. The molecular weight excluding hydrogens is 342 g/mol. The highest BCUT2D eigenvalue weighted by atomic mass is 79.9. The average molecular weight is 355 g/mol. The zero-order chi connectivity index (χ0) is 14.4. The number of hydrogen-bond acceptors (Lipinski definition) is 2.